The van der Waals surface area contributed by atoms with Crippen molar-refractivity contribution in [3.63, 3.8) is 0 Å². The SMILES string of the molecule is CC(C)C(CCO)Nc1cnn(CC(F)(F)F)c(=O)c1Cl. The number of hydrogen-bond donors (Lipinski definition) is 2. The second kappa shape index (κ2) is 7.13. The quantitative estimate of drug-likeness (QED) is 0.841. The number of anilines is 1. The first kappa shape index (κ1) is 17.8. The van der Waals surface area contributed by atoms with Gasteiger partial charge in [0, 0.05) is 12.6 Å². The lowest BCUT2D eigenvalue weighted by Gasteiger charge is -2.23. The largest absolute Gasteiger partial charge is 0.408 e. The summed E-state index contributed by atoms with van der Waals surface area (Å²) in [6, 6.07) is -0.174. The molecule has 21 heavy (non-hydrogen) atoms. The van der Waals surface area contributed by atoms with Gasteiger partial charge in [0.2, 0.25) is 0 Å². The first-order valence-electron chi connectivity index (χ1n) is 6.35. The molecule has 0 saturated heterocycles. The summed E-state index contributed by atoms with van der Waals surface area (Å²) in [6.45, 7) is 2.25. The minimum atomic E-state index is -4.55. The minimum absolute atomic E-state index is 0.0635. The van der Waals surface area contributed by atoms with Crippen LogP contribution in [-0.2, 0) is 6.54 Å². The highest BCUT2D eigenvalue weighted by molar-refractivity contribution is 6.32. The maximum atomic E-state index is 12.3. The lowest BCUT2D eigenvalue weighted by molar-refractivity contribution is -0.143. The monoisotopic (exact) mass is 327 g/mol. The third-order valence-electron chi connectivity index (χ3n) is 2.90. The van der Waals surface area contributed by atoms with E-state index in [1.165, 1.54) is 0 Å². The maximum Gasteiger partial charge on any atom is 0.408 e. The molecular weight excluding hydrogens is 311 g/mol. The van der Waals surface area contributed by atoms with Gasteiger partial charge in [0.25, 0.3) is 5.56 Å². The molecule has 0 aliphatic carbocycles. The summed E-state index contributed by atoms with van der Waals surface area (Å²) >= 11 is 5.81. The Kier molecular flexibility index (Phi) is 6.03. The Hall–Kier alpha value is -1.28. The van der Waals surface area contributed by atoms with Gasteiger partial charge in [-0.3, -0.25) is 4.79 Å². The van der Waals surface area contributed by atoms with Crippen LogP contribution in [0.3, 0.4) is 0 Å². The van der Waals surface area contributed by atoms with Crippen molar-refractivity contribution in [3.8, 4) is 0 Å². The molecule has 0 radical (unpaired) electrons. The van der Waals surface area contributed by atoms with Gasteiger partial charge in [0.1, 0.15) is 11.6 Å². The molecular formula is C12H17ClF3N3O2. The normalized spacial score (nSPS) is 13.5. The summed E-state index contributed by atoms with van der Waals surface area (Å²) in [4.78, 5) is 11.8. The molecule has 120 valence electrons. The molecule has 1 aromatic heterocycles. The van der Waals surface area contributed by atoms with E-state index in [9.17, 15) is 18.0 Å². The second-order valence-corrected chi connectivity index (χ2v) is 5.34. The van der Waals surface area contributed by atoms with Crippen molar-refractivity contribution in [3.05, 3.63) is 21.6 Å². The number of alkyl halides is 3. The predicted octanol–water partition coefficient (Wildman–Crippen LogP) is 2.28. The number of hydrogen-bond acceptors (Lipinski definition) is 4. The Labute approximate surface area is 124 Å². The Morgan fingerprint density at radius 3 is 2.57 bits per heavy atom. The van der Waals surface area contributed by atoms with Crippen LogP contribution in [-0.4, -0.2) is 33.7 Å². The van der Waals surface area contributed by atoms with Crippen LogP contribution in [0.4, 0.5) is 18.9 Å². The number of rotatable bonds is 6. The van der Waals surface area contributed by atoms with E-state index in [0.29, 0.717) is 6.42 Å². The van der Waals surface area contributed by atoms with Gasteiger partial charge in [0.15, 0.2) is 0 Å². The lowest BCUT2D eigenvalue weighted by Crippen LogP contribution is -2.32. The maximum absolute atomic E-state index is 12.3. The van der Waals surface area contributed by atoms with E-state index in [4.69, 9.17) is 16.7 Å². The van der Waals surface area contributed by atoms with Crippen LogP contribution < -0.4 is 10.9 Å². The fraction of sp³-hybridized carbons (Fsp3) is 0.667. The zero-order valence-electron chi connectivity index (χ0n) is 11.6. The van der Waals surface area contributed by atoms with Gasteiger partial charge in [-0.1, -0.05) is 25.4 Å². The van der Waals surface area contributed by atoms with Crippen molar-refractivity contribution < 1.29 is 18.3 Å². The standard InChI is InChI=1S/C12H17ClF3N3O2/c1-7(2)8(3-4-20)18-9-5-17-19(6-12(14,15)16)11(21)10(9)13/h5,7-8,18,20H,3-4,6H2,1-2H3. The summed E-state index contributed by atoms with van der Waals surface area (Å²) in [7, 11) is 0. The number of aromatic nitrogens is 2. The van der Waals surface area contributed by atoms with Crippen LogP contribution in [0.2, 0.25) is 5.02 Å². The Morgan fingerprint density at radius 1 is 1.48 bits per heavy atom. The third kappa shape index (κ3) is 5.20. The molecule has 1 unspecified atom stereocenters. The van der Waals surface area contributed by atoms with Crippen molar-refractivity contribution >= 4 is 17.3 Å². The van der Waals surface area contributed by atoms with E-state index in [1.54, 1.807) is 0 Å². The smallest absolute Gasteiger partial charge is 0.396 e. The number of aliphatic hydroxyl groups is 1. The molecule has 1 aromatic rings. The molecule has 5 nitrogen and oxygen atoms in total. The fourth-order valence-electron chi connectivity index (χ4n) is 1.76. The van der Waals surface area contributed by atoms with Gasteiger partial charge in [-0.05, 0) is 12.3 Å². The Balaban J connectivity index is 3.01. The number of nitrogens with zero attached hydrogens (tertiary/aromatic N) is 2. The Morgan fingerprint density at radius 2 is 2.10 bits per heavy atom. The molecule has 0 amide bonds. The highest BCUT2D eigenvalue weighted by Crippen LogP contribution is 2.21. The molecule has 9 heteroatoms. The van der Waals surface area contributed by atoms with Gasteiger partial charge in [-0.15, -0.1) is 0 Å². The summed E-state index contributed by atoms with van der Waals surface area (Å²) in [5.41, 5.74) is -0.849. The predicted molar refractivity (Wildman–Crippen MR) is 73.5 cm³/mol. The summed E-state index contributed by atoms with van der Waals surface area (Å²) < 4.78 is 37.1. The first-order valence-corrected chi connectivity index (χ1v) is 6.73. The minimum Gasteiger partial charge on any atom is -0.396 e. The van der Waals surface area contributed by atoms with Crippen molar-refractivity contribution in [2.45, 2.75) is 39.0 Å². The first-order chi connectivity index (χ1) is 9.65. The molecule has 0 aromatic carbocycles. The van der Waals surface area contributed by atoms with Crippen molar-refractivity contribution in [2.75, 3.05) is 11.9 Å². The Bertz CT molecular complexity index is 531. The van der Waals surface area contributed by atoms with Gasteiger partial charge in [-0.25, -0.2) is 4.68 Å². The zero-order valence-corrected chi connectivity index (χ0v) is 12.4. The second-order valence-electron chi connectivity index (χ2n) is 4.96. The molecule has 0 spiro atoms. The topological polar surface area (TPSA) is 67.2 Å². The van der Waals surface area contributed by atoms with Crippen molar-refractivity contribution in [1.82, 2.24) is 9.78 Å². The van der Waals surface area contributed by atoms with E-state index >= 15 is 0 Å². The number of aliphatic hydroxyl groups excluding tert-OH is 1. The summed E-state index contributed by atoms with van der Waals surface area (Å²) in [5.74, 6) is 0.130. The number of nitrogens with one attached hydrogen (secondary N) is 1. The third-order valence-corrected chi connectivity index (χ3v) is 3.26. The fourth-order valence-corrected chi connectivity index (χ4v) is 1.96. The van der Waals surface area contributed by atoms with E-state index < -0.39 is 18.3 Å². The van der Waals surface area contributed by atoms with Gasteiger partial charge >= 0.3 is 6.18 Å². The molecule has 0 aliphatic heterocycles. The van der Waals surface area contributed by atoms with Crippen LogP contribution in [0.1, 0.15) is 20.3 Å². The van der Waals surface area contributed by atoms with Crippen LogP contribution >= 0.6 is 11.6 Å². The highest BCUT2D eigenvalue weighted by Gasteiger charge is 2.30. The summed E-state index contributed by atoms with van der Waals surface area (Å²) in [5, 5.41) is 15.0. The van der Waals surface area contributed by atoms with Crippen LogP contribution in [0, 0.1) is 5.92 Å². The van der Waals surface area contributed by atoms with Crippen LogP contribution in [0.5, 0.6) is 0 Å². The van der Waals surface area contributed by atoms with E-state index in [-0.39, 0.29) is 34.0 Å². The summed E-state index contributed by atoms with van der Waals surface area (Å²) in [6.07, 6.45) is -3.05. The van der Waals surface area contributed by atoms with E-state index in [1.807, 2.05) is 13.8 Å². The molecule has 1 heterocycles. The number of halogens is 4. The molecule has 1 rings (SSSR count). The molecule has 1 atom stereocenters. The van der Waals surface area contributed by atoms with Crippen LogP contribution in [0.25, 0.3) is 0 Å². The molecule has 2 N–H and O–H groups in total. The van der Waals surface area contributed by atoms with Crippen molar-refractivity contribution in [1.29, 1.82) is 0 Å². The molecule has 0 aliphatic rings. The molecule has 0 saturated carbocycles. The van der Waals surface area contributed by atoms with Crippen molar-refractivity contribution in [2.24, 2.45) is 5.92 Å². The van der Waals surface area contributed by atoms with Gasteiger partial charge < -0.3 is 10.4 Å². The van der Waals surface area contributed by atoms with Crippen LogP contribution in [0.15, 0.2) is 11.0 Å². The lowest BCUT2D eigenvalue weighted by atomic mass is 10.0. The zero-order chi connectivity index (χ0) is 16.2. The average Bonchev–Trinajstić information content (AvgIpc) is 2.36. The van der Waals surface area contributed by atoms with Gasteiger partial charge in [0.05, 0.1) is 11.9 Å². The highest BCUT2D eigenvalue weighted by atomic mass is 35.5. The average molecular weight is 328 g/mol. The van der Waals surface area contributed by atoms with Gasteiger partial charge in [-0.2, -0.15) is 18.3 Å². The van der Waals surface area contributed by atoms with E-state index in [0.717, 1.165) is 6.20 Å². The molecule has 0 bridgehead atoms. The molecule has 0 fully saturated rings. The van der Waals surface area contributed by atoms with E-state index in [2.05, 4.69) is 10.4 Å².